The van der Waals surface area contributed by atoms with Gasteiger partial charge in [0.2, 0.25) is 5.91 Å². The maximum Gasteiger partial charge on any atom is 0.236 e. The van der Waals surface area contributed by atoms with Crippen LogP contribution in [0.3, 0.4) is 0 Å². The molecule has 0 aromatic heterocycles. The van der Waals surface area contributed by atoms with Gasteiger partial charge < -0.3 is 11.1 Å². The first kappa shape index (κ1) is 14.7. The highest BCUT2D eigenvalue weighted by Gasteiger charge is 2.05. The molecule has 18 heavy (non-hydrogen) atoms. The van der Waals surface area contributed by atoms with Crippen molar-refractivity contribution in [3.63, 3.8) is 0 Å². The molecule has 0 aliphatic carbocycles. The molecule has 0 bridgehead atoms. The molecular formula is C15H24N2O. The van der Waals surface area contributed by atoms with Gasteiger partial charge in [-0.15, -0.1) is 0 Å². The second-order valence-corrected chi connectivity index (χ2v) is 5.24. The van der Waals surface area contributed by atoms with Gasteiger partial charge in [0.1, 0.15) is 0 Å². The van der Waals surface area contributed by atoms with Crippen LogP contribution in [-0.2, 0) is 17.6 Å². The van der Waals surface area contributed by atoms with Crippen molar-refractivity contribution in [1.82, 2.24) is 5.32 Å². The molecular weight excluding hydrogens is 224 g/mol. The van der Waals surface area contributed by atoms with Crippen LogP contribution >= 0.6 is 0 Å². The molecule has 1 rings (SSSR count). The summed E-state index contributed by atoms with van der Waals surface area (Å²) in [6.07, 6.45) is 1.96. The number of nitrogens with two attached hydrogens (primary N) is 1. The number of carbonyl (C=O) groups is 1. The monoisotopic (exact) mass is 248 g/mol. The largest absolute Gasteiger partial charge is 0.354 e. The van der Waals surface area contributed by atoms with Crippen molar-refractivity contribution in [1.29, 1.82) is 0 Å². The lowest BCUT2D eigenvalue weighted by Crippen LogP contribution is -2.39. The zero-order valence-corrected chi connectivity index (χ0v) is 11.6. The zero-order valence-electron chi connectivity index (χ0n) is 11.6. The van der Waals surface area contributed by atoms with E-state index in [9.17, 15) is 4.79 Å². The van der Waals surface area contributed by atoms with Gasteiger partial charge in [0.15, 0.2) is 0 Å². The number of hydrogen-bond donors (Lipinski definition) is 2. The molecule has 0 spiro atoms. The van der Waals surface area contributed by atoms with E-state index in [2.05, 4.69) is 43.4 Å². The molecule has 3 nitrogen and oxygen atoms in total. The lowest BCUT2D eigenvalue weighted by atomic mass is 10.0. The lowest BCUT2D eigenvalue weighted by molar-refractivity contribution is -0.121. The van der Waals surface area contributed by atoms with Gasteiger partial charge in [-0.25, -0.2) is 0 Å². The highest BCUT2D eigenvalue weighted by molar-refractivity contribution is 5.80. The SMILES string of the molecule is CC(C)Cc1ccc(CCNC(=O)C(C)N)cc1. The molecule has 0 saturated heterocycles. The van der Waals surface area contributed by atoms with Gasteiger partial charge in [-0.1, -0.05) is 38.1 Å². The number of carbonyl (C=O) groups excluding carboxylic acids is 1. The van der Waals surface area contributed by atoms with Gasteiger partial charge >= 0.3 is 0 Å². The molecule has 0 saturated carbocycles. The first-order valence-electron chi connectivity index (χ1n) is 6.60. The van der Waals surface area contributed by atoms with E-state index in [1.165, 1.54) is 11.1 Å². The predicted molar refractivity (Wildman–Crippen MR) is 75.3 cm³/mol. The van der Waals surface area contributed by atoms with Gasteiger partial charge in [0.25, 0.3) is 0 Å². The number of hydrogen-bond acceptors (Lipinski definition) is 2. The van der Waals surface area contributed by atoms with Crippen LogP contribution in [-0.4, -0.2) is 18.5 Å². The minimum absolute atomic E-state index is 0.0913. The molecule has 0 aliphatic rings. The van der Waals surface area contributed by atoms with Crippen molar-refractivity contribution in [3.05, 3.63) is 35.4 Å². The van der Waals surface area contributed by atoms with Crippen LogP contribution in [0.2, 0.25) is 0 Å². The highest BCUT2D eigenvalue weighted by atomic mass is 16.2. The Kier molecular flexibility index (Phi) is 5.86. The van der Waals surface area contributed by atoms with Crippen LogP contribution in [0.5, 0.6) is 0 Å². The Bertz CT molecular complexity index is 369. The molecule has 3 heteroatoms. The Hall–Kier alpha value is -1.35. The Balaban J connectivity index is 2.37. The van der Waals surface area contributed by atoms with E-state index in [1.54, 1.807) is 6.92 Å². The summed E-state index contributed by atoms with van der Waals surface area (Å²) >= 11 is 0. The van der Waals surface area contributed by atoms with E-state index in [0.29, 0.717) is 12.5 Å². The van der Waals surface area contributed by atoms with Crippen molar-refractivity contribution in [2.75, 3.05) is 6.54 Å². The normalized spacial score (nSPS) is 12.5. The summed E-state index contributed by atoms with van der Waals surface area (Å²) in [6.45, 7) is 6.77. The third-order valence-electron chi connectivity index (χ3n) is 2.79. The van der Waals surface area contributed by atoms with E-state index in [-0.39, 0.29) is 5.91 Å². The number of benzene rings is 1. The van der Waals surface area contributed by atoms with Crippen molar-refractivity contribution in [2.45, 2.75) is 39.7 Å². The average molecular weight is 248 g/mol. The van der Waals surface area contributed by atoms with Crippen LogP contribution in [0, 0.1) is 5.92 Å². The van der Waals surface area contributed by atoms with Gasteiger partial charge in [-0.2, -0.15) is 0 Å². The second kappa shape index (κ2) is 7.17. The molecule has 1 aromatic carbocycles. The summed E-state index contributed by atoms with van der Waals surface area (Å²) < 4.78 is 0. The molecule has 100 valence electrons. The summed E-state index contributed by atoms with van der Waals surface area (Å²) in [5.74, 6) is 0.590. The first-order valence-corrected chi connectivity index (χ1v) is 6.60. The predicted octanol–water partition coefficient (Wildman–Crippen LogP) is 1.89. The lowest BCUT2D eigenvalue weighted by Gasteiger charge is -2.09. The minimum Gasteiger partial charge on any atom is -0.354 e. The fraction of sp³-hybridized carbons (Fsp3) is 0.533. The molecule has 0 fully saturated rings. The Labute approximate surface area is 110 Å². The number of amides is 1. The molecule has 0 heterocycles. The zero-order chi connectivity index (χ0) is 13.5. The average Bonchev–Trinajstić information content (AvgIpc) is 2.30. The molecule has 1 unspecified atom stereocenters. The van der Waals surface area contributed by atoms with Crippen molar-refractivity contribution >= 4 is 5.91 Å². The molecule has 1 amide bonds. The third kappa shape index (κ3) is 5.32. The number of rotatable bonds is 6. The molecule has 3 N–H and O–H groups in total. The number of nitrogens with one attached hydrogen (secondary N) is 1. The van der Waals surface area contributed by atoms with E-state index < -0.39 is 6.04 Å². The van der Waals surface area contributed by atoms with E-state index in [1.807, 2.05) is 0 Å². The summed E-state index contributed by atoms with van der Waals surface area (Å²) in [4.78, 5) is 11.3. The van der Waals surface area contributed by atoms with Crippen LogP contribution in [0.1, 0.15) is 31.9 Å². The van der Waals surface area contributed by atoms with Crippen LogP contribution in [0.15, 0.2) is 24.3 Å². The third-order valence-corrected chi connectivity index (χ3v) is 2.79. The van der Waals surface area contributed by atoms with Gasteiger partial charge in [0, 0.05) is 6.54 Å². The van der Waals surface area contributed by atoms with E-state index in [0.717, 1.165) is 12.8 Å². The van der Waals surface area contributed by atoms with Gasteiger partial charge in [0.05, 0.1) is 6.04 Å². The fourth-order valence-corrected chi connectivity index (χ4v) is 1.80. The highest BCUT2D eigenvalue weighted by Crippen LogP contribution is 2.09. The van der Waals surface area contributed by atoms with Crippen molar-refractivity contribution in [2.24, 2.45) is 11.7 Å². The minimum atomic E-state index is -0.432. The maximum atomic E-state index is 11.3. The standard InChI is InChI=1S/C15H24N2O/c1-11(2)10-14-6-4-13(5-7-14)8-9-17-15(18)12(3)16/h4-7,11-12H,8-10,16H2,1-3H3,(H,17,18). The summed E-state index contributed by atoms with van der Waals surface area (Å²) in [5, 5.41) is 2.81. The molecule has 1 atom stereocenters. The maximum absolute atomic E-state index is 11.3. The van der Waals surface area contributed by atoms with Gasteiger partial charge in [-0.3, -0.25) is 4.79 Å². The van der Waals surface area contributed by atoms with E-state index in [4.69, 9.17) is 5.73 Å². The fourth-order valence-electron chi connectivity index (χ4n) is 1.80. The molecule has 1 aromatic rings. The Morgan fingerprint density at radius 1 is 1.17 bits per heavy atom. The van der Waals surface area contributed by atoms with Crippen LogP contribution < -0.4 is 11.1 Å². The summed E-state index contributed by atoms with van der Waals surface area (Å²) in [5.41, 5.74) is 8.08. The Morgan fingerprint density at radius 2 is 1.72 bits per heavy atom. The van der Waals surface area contributed by atoms with Gasteiger partial charge in [-0.05, 0) is 36.8 Å². The summed E-state index contributed by atoms with van der Waals surface area (Å²) in [7, 11) is 0. The van der Waals surface area contributed by atoms with Crippen molar-refractivity contribution < 1.29 is 4.79 Å². The molecule has 0 radical (unpaired) electrons. The Morgan fingerprint density at radius 3 is 2.22 bits per heavy atom. The van der Waals surface area contributed by atoms with Crippen LogP contribution in [0.25, 0.3) is 0 Å². The topological polar surface area (TPSA) is 55.1 Å². The van der Waals surface area contributed by atoms with E-state index >= 15 is 0 Å². The first-order chi connectivity index (χ1) is 8.49. The quantitative estimate of drug-likeness (QED) is 0.807. The summed E-state index contributed by atoms with van der Waals surface area (Å²) in [6, 6.07) is 8.18. The smallest absolute Gasteiger partial charge is 0.236 e. The van der Waals surface area contributed by atoms with Crippen LogP contribution in [0.4, 0.5) is 0 Å². The second-order valence-electron chi connectivity index (χ2n) is 5.24. The van der Waals surface area contributed by atoms with Crippen molar-refractivity contribution in [3.8, 4) is 0 Å². The molecule has 0 aliphatic heterocycles.